The smallest absolute Gasteiger partial charge is 0.225 e. The summed E-state index contributed by atoms with van der Waals surface area (Å²) in [7, 11) is -2.96. The molecule has 1 heterocycles. The molecule has 194 valence electrons. The van der Waals surface area contributed by atoms with Crippen molar-refractivity contribution in [2.24, 2.45) is 17.8 Å². The number of nitrogens with zero attached hydrogens (tertiary/aromatic N) is 1. The summed E-state index contributed by atoms with van der Waals surface area (Å²) in [5, 5.41) is 3.04. The van der Waals surface area contributed by atoms with Crippen LogP contribution in [0.1, 0.15) is 90.4 Å². The minimum absolute atomic E-state index is 0.106. The van der Waals surface area contributed by atoms with Crippen LogP contribution < -0.4 is 5.32 Å². The lowest BCUT2D eigenvalue weighted by Crippen LogP contribution is -2.46. The van der Waals surface area contributed by atoms with Crippen molar-refractivity contribution in [1.82, 2.24) is 10.2 Å². The van der Waals surface area contributed by atoms with Crippen molar-refractivity contribution in [3.63, 3.8) is 0 Å². The van der Waals surface area contributed by atoms with Gasteiger partial charge in [-0.15, -0.1) is 0 Å². The summed E-state index contributed by atoms with van der Waals surface area (Å²) in [6.07, 6.45) is 11.4. The Bertz CT molecular complexity index is 792. The van der Waals surface area contributed by atoms with E-state index in [1.165, 1.54) is 0 Å². The zero-order valence-corrected chi connectivity index (χ0v) is 22.5. The summed E-state index contributed by atoms with van der Waals surface area (Å²) in [5.41, 5.74) is 0. The van der Waals surface area contributed by atoms with E-state index in [2.05, 4.69) is 17.1 Å². The third kappa shape index (κ3) is 7.14. The number of amides is 2. The van der Waals surface area contributed by atoms with Gasteiger partial charge < -0.3 is 10.2 Å². The van der Waals surface area contributed by atoms with Crippen molar-refractivity contribution in [3.8, 4) is 0 Å². The van der Waals surface area contributed by atoms with Crippen LogP contribution in [0.3, 0.4) is 0 Å². The van der Waals surface area contributed by atoms with E-state index in [1.54, 1.807) is 0 Å². The molecule has 1 N–H and O–H groups in total. The molecule has 0 spiro atoms. The van der Waals surface area contributed by atoms with Crippen LogP contribution in [-0.2, 0) is 19.4 Å². The number of carbonyl (C=O) groups is 2. The van der Waals surface area contributed by atoms with Crippen molar-refractivity contribution < 1.29 is 18.0 Å². The quantitative estimate of drug-likeness (QED) is 0.475. The van der Waals surface area contributed by atoms with Crippen LogP contribution in [0, 0.1) is 17.8 Å². The first-order valence-electron chi connectivity index (χ1n) is 13.7. The number of carbonyl (C=O) groups excluding carboxylic acids is 2. The number of nitrogens with one attached hydrogen (secondary N) is 1. The van der Waals surface area contributed by atoms with Crippen molar-refractivity contribution in [1.29, 1.82) is 0 Å². The minimum atomic E-state index is -2.96. The van der Waals surface area contributed by atoms with Gasteiger partial charge in [0.1, 0.15) is 0 Å². The lowest BCUT2D eigenvalue weighted by molar-refractivity contribution is -0.138. The molecule has 0 aromatic rings. The van der Waals surface area contributed by atoms with E-state index < -0.39 is 9.84 Å². The molecule has 8 heteroatoms. The number of hydrogen-bond donors (Lipinski definition) is 1. The highest BCUT2D eigenvalue weighted by molar-refractivity contribution is 7.99. The predicted molar refractivity (Wildman–Crippen MR) is 138 cm³/mol. The van der Waals surface area contributed by atoms with Gasteiger partial charge in [-0.2, -0.15) is 11.8 Å². The molecule has 0 radical (unpaired) electrons. The van der Waals surface area contributed by atoms with Crippen LogP contribution in [0.25, 0.3) is 0 Å². The van der Waals surface area contributed by atoms with E-state index in [0.29, 0.717) is 48.8 Å². The summed E-state index contributed by atoms with van der Waals surface area (Å²) in [6.45, 7) is 3.01. The van der Waals surface area contributed by atoms with Crippen LogP contribution in [0.4, 0.5) is 0 Å². The van der Waals surface area contributed by atoms with Gasteiger partial charge in [0.15, 0.2) is 9.84 Å². The standard InChI is InChI=1S/C26H44N2O4S2/c1-2-14-28(23-13-15-33-17-23)26(30)21-7-9-22(10-8-21)27-25(29)16-19-5-11-24(12-6-19)34(31,32)18-20-3-4-20/h19-24H,2-18H2,1H3,(H,27,29). The molecule has 6 nitrogen and oxygen atoms in total. The maximum Gasteiger partial charge on any atom is 0.225 e. The van der Waals surface area contributed by atoms with Crippen molar-refractivity contribution in [3.05, 3.63) is 0 Å². The van der Waals surface area contributed by atoms with Crippen LogP contribution in [0.15, 0.2) is 0 Å². The van der Waals surface area contributed by atoms with Crippen LogP contribution in [0.2, 0.25) is 0 Å². The minimum Gasteiger partial charge on any atom is -0.353 e. The molecule has 4 rings (SSSR count). The van der Waals surface area contributed by atoms with E-state index in [-0.39, 0.29) is 23.1 Å². The van der Waals surface area contributed by atoms with Crippen LogP contribution in [0.5, 0.6) is 0 Å². The Balaban J connectivity index is 1.16. The van der Waals surface area contributed by atoms with Crippen LogP contribution >= 0.6 is 11.8 Å². The molecule has 3 aliphatic carbocycles. The largest absolute Gasteiger partial charge is 0.353 e. The molecule has 1 aliphatic heterocycles. The molecule has 0 bridgehead atoms. The van der Waals surface area contributed by atoms with Gasteiger partial charge >= 0.3 is 0 Å². The second-order valence-corrected chi connectivity index (χ2v) is 14.8. The van der Waals surface area contributed by atoms with E-state index in [4.69, 9.17) is 0 Å². The molecule has 1 saturated heterocycles. The van der Waals surface area contributed by atoms with E-state index in [0.717, 1.165) is 82.3 Å². The zero-order valence-electron chi connectivity index (χ0n) is 20.9. The second kappa shape index (κ2) is 12.0. The van der Waals surface area contributed by atoms with Crippen molar-refractivity contribution >= 4 is 33.4 Å². The van der Waals surface area contributed by atoms with Gasteiger partial charge in [0.05, 0.1) is 11.0 Å². The summed E-state index contributed by atoms with van der Waals surface area (Å²) in [5.74, 6) is 3.89. The zero-order chi connectivity index (χ0) is 24.1. The normalized spacial score (nSPS) is 32.3. The molecular weight excluding hydrogens is 468 g/mol. The molecule has 1 unspecified atom stereocenters. The molecular formula is C26H44N2O4S2. The Kier molecular flexibility index (Phi) is 9.27. The first-order chi connectivity index (χ1) is 16.4. The average molecular weight is 513 g/mol. The summed E-state index contributed by atoms with van der Waals surface area (Å²) >= 11 is 1.96. The highest BCUT2D eigenvalue weighted by Gasteiger charge is 2.37. The molecule has 0 aromatic carbocycles. The van der Waals surface area contributed by atoms with Crippen molar-refractivity contribution in [2.45, 2.75) is 108 Å². The Morgan fingerprint density at radius 2 is 1.59 bits per heavy atom. The monoisotopic (exact) mass is 512 g/mol. The maximum absolute atomic E-state index is 13.2. The molecule has 4 fully saturated rings. The third-order valence-electron chi connectivity index (χ3n) is 8.48. The average Bonchev–Trinajstić information content (AvgIpc) is 3.45. The van der Waals surface area contributed by atoms with Crippen LogP contribution in [-0.4, -0.2) is 66.3 Å². The lowest BCUT2D eigenvalue weighted by atomic mass is 9.84. The number of hydrogen-bond acceptors (Lipinski definition) is 5. The first kappa shape index (κ1) is 26.3. The van der Waals surface area contributed by atoms with Gasteiger partial charge in [-0.1, -0.05) is 6.92 Å². The fourth-order valence-electron chi connectivity index (χ4n) is 6.19. The highest BCUT2D eigenvalue weighted by atomic mass is 32.2. The van der Waals surface area contributed by atoms with E-state index >= 15 is 0 Å². The molecule has 1 atom stereocenters. The van der Waals surface area contributed by atoms with Gasteiger partial charge in [-0.3, -0.25) is 9.59 Å². The molecule has 2 amide bonds. The van der Waals surface area contributed by atoms with Gasteiger partial charge in [0, 0.05) is 36.7 Å². The molecule has 4 aliphatic rings. The Labute approximate surface area is 210 Å². The Morgan fingerprint density at radius 1 is 0.912 bits per heavy atom. The van der Waals surface area contributed by atoms with Gasteiger partial charge in [-0.05, 0) is 94.6 Å². The summed E-state index contributed by atoms with van der Waals surface area (Å²) in [4.78, 5) is 28.1. The van der Waals surface area contributed by atoms with Gasteiger partial charge in [0.2, 0.25) is 11.8 Å². The number of thioether (sulfide) groups is 1. The highest BCUT2D eigenvalue weighted by Crippen LogP contribution is 2.36. The maximum atomic E-state index is 13.2. The summed E-state index contributed by atoms with van der Waals surface area (Å²) < 4.78 is 25.1. The van der Waals surface area contributed by atoms with Gasteiger partial charge in [-0.25, -0.2) is 8.42 Å². The summed E-state index contributed by atoms with van der Waals surface area (Å²) in [6, 6.07) is 0.585. The fourth-order valence-corrected chi connectivity index (χ4v) is 9.67. The molecule has 0 aromatic heterocycles. The first-order valence-corrected chi connectivity index (χ1v) is 16.6. The van der Waals surface area contributed by atoms with Gasteiger partial charge in [0.25, 0.3) is 0 Å². The lowest BCUT2D eigenvalue weighted by Gasteiger charge is -2.35. The third-order valence-corrected chi connectivity index (χ3v) is 12.0. The number of rotatable bonds is 10. The Morgan fingerprint density at radius 3 is 2.18 bits per heavy atom. The number of sulfone groups is 1. The topological polar surface area (TPSA) is 83.6 Å². The fraction of sp³-hybridized carbons (Fsp3) is 0.923. The molecule has 3 saturated carbocycles. The predicted octanol–water partition coefficient (Wildman–Crippen LogP) is 4.18. The van der Waals surface area contributed by atoms with E-state index in [1.807, 2.05) is 11.8 Å². The van der Waals surface area contributed by atoms with Crippen molar-refractivity contribution in [2.75, 3.05) is 23.8 Å². The molecule has 34 heavy (non-hydrogen) atoms. The Hall–Kier alpha value is -0.760. The van der Waals surface area contributed by atoms with E-state index in [9.17, 15) is 18.0 Å². The second-order valence-electron chi connectivity index (χ2n) is 11.3. The SMILES string of the molecule is CCCN(C(=O)C1CCC(NC(=O)CC2CCC(S(=O)(=O)CC3CC3)CC2)CC1)C1CCSC1.